The zero-order valence-corrected chi connectivity index (χ0v) is 15.7. The largest absolute Gasteiger partial charge is 0.339 e. The molecule has 0 aliphatic carbocycles. The highest BCUT2D eigenvalue weighted by molar-refractivity contribution is 7.10. The summed E-state index contributed by atoms with van der Waals surface area (Å²) < 4.78 is 5.30. The predicted octanol–water partition coefficient (Wildman–Crippen LogP) is 3.90. The number of hydrogen-bond donors (Lipinski definition) is 0. The van der Waals surface area contributed by atoms with Crippen LogP contribution in [-0.2, 0) is 23.1 Å². The molecule has 24 heavy (non-hydrogen) atoms. The lowest BCUT2D eigenvalue weighted by molar-refractivity contribution is -0.134. The van der Waals surface area contributed by atoms with Crippen molar-refractivity contribution in [3.05, 3.63) is 33.6 Å². The molecule has 2 aromatic rings. The highest BCUT2D eigenvalue weighted by atomic mass is 32.1. The van der Waals surface area contributed by atoms with Crippen LogP contribution in [0.25, 0.3) is 0 Å². The Kier molecular flexibility index (Phi) is 4.76. The Morgan fingerprint density at radius 1 is 1.46 bits per heavy atom. The van der Waals surface area contributed by atoms with Crippen LogP contribution < -0.4 is 0 Å². The maximum absolute atomic E-state index is 12.7. The second-order valence-corrected chi connectivity index (χ2v) is 8.32. The van der Waals surface area contributed by atoms with E-state index in [9.17, 15) is 4.79 Å². The molecule has 6 heteroatoms. The first kappa shape index (κ1) is 17.1. The number of hydrogen-bond acceptors (Lipinski definition) is 5. The van der Waals surface area contributed by atoms with Crippen molar-refractivity contribution in [2.75, 3.05) is 6.54 Å². The van der Waals surface area contributed by atoms with Gasteiger partial charge in [-0.2, -0.15) is 4.98 Å². The van der Waals surface area contributed by atoms with E-state index < -0.39 is 0 Å². The second-order valence-electron chi connectivity index (χ2n) is 7.32. The number of aromatic nitrogens is 2. The van der Waals surface area contributed by atoms with Gasteiger partial charge in [0, 0.05) is 29.7 Å². The van der Waals surface area contributed by atoms with Gasteiger partial charge in [-0.05, 0) is 29.9 Å². The van der Waals surface area contributed by atoms with Crippen LogP contribution in [0.2, 0.25) is 0 Å². The number of carbonyl (C=O) groups excluding carboxylic acids is 1. The van der Waals surface area contributed by atoms with Crippen LogP contribution in [0.15, 0.2) is 16.0 Å². The predicted molar refractivity (Wildman–Crippen MR) is 94.1 cm³/mol. The van der Waals surface area contributed by atoms with Crippen LogP contribution in [-0.4, -0.2) is 27.5 Å². The molecule has 0 bridgehead atoms. The number of fused-ring (bicyclic) bond motifs is 1. The van der Waals surface area contributed by atoms with E-state index >= 15 is 0 Å². The third-order valence-electron chi connectivity index (χ3n) is 4.49. The summed E-state index contributed by atoms with van der Waals surface area (Å²) in [6.07, 6.45) is 2.83. The molecule has 2 aromatic heterocycles. The van der Waals surface area contributed by atoms with E-state index in [4.69, 9.17) is 4.52 Å². The van der Waals surface area contributed by atoms with E-state index in [1.807, 2.05) is 25.7 Å². The molecule has 5 nitrogen and oxygen atoms in total. The van der Waals surface area contributed by atoms with Crippen LogP contribution in [0, 0.1) is 0 Å². The number of rotatable bonds is 4. The van der Waals surface area contributed by atoms with E-state index in [0.29, 0.717) is 24.6 Å². The third-order valence-corrected chi connectivity index (χ3v) is 5.49. The van der Waals surface area contributed by atoms with Crippen molar-refractivity contribution in [1.82, 2.24) is 15.0 Å². The lowest BCUT2D eigenvalue weighted by Crippen LogP contribution is -2.39. The van der Waals surface area contributed by atoms with Crippen molar-refractivity contribution in [1.29, 1.82) is 0 Å². The lowest BCUT2D eigenvalue weighted by atomic mass is 9.96. The molecule has 0 saturated carbocycles. The summed E-state index contributed by atoms with van der Waals surface area (Å²) in [7, 11) is 0. The summed E-state index contributed by atoms with van der Waals surface area (Å²) in [4.78, 5) is 20.6. The van der Waals surface area contributed by atoms with Gasteiger partial charge in [-0.1, -0.05) is 32.9 Å². The third kappa shape index (κ3) is 3.38. The highest BCUT2D eigenvalue weighted by Crippen LogP contribution is 2.35. The Morgan fingerprint density at radius 2 is 2.25 bits per heavy atom. The molecule has 130 valence electrons. The number of nitrogens with zero attached hydrogens (tertiary/aromatic N) is 3. The number of amides is 1. The van der Waals surface area contributed by atoms with Gasteiger partial charge in [0.15, 0.2) is 5.82 Å². The van der Waals surface area contributed by atoms with Gasteiger partial charge < -0.3 is 9.42 Å². The molecule has 1 amide bonds. The fourth-order valence-corrected chi connectivity index (χ4v) is 4.08. The highest BCUT2D eigenvalue weighted by Gasteiger charge is 2.30. The molecule has 0 radical (unpaired) electrons. The molecule has 0 N–H and O–H groups in total. The van der Waals surface area contributed by atoms with E-state index in [1.54, 1.807) is 11.3 Å². The molecule has 0 spiro atoms. The second kappa shape index (κ2) is 6.67. The SMILES string of the molecule is CCC1c2ccsc2CCN1C(=O)CCc1nc(C(C)(C)C)no1. The fourth-order valence-electron chi connectivity index (χ4n) is 3.15. The summed E-state index contributed by atoms with van der Waals surface area (Å²) in [5, 5.41) is 6.15. The first-order chi connectivity index (χ1) is 11.4. The van der Waals surface area contributed by atoms with E-state index in [1.165, 1.54) is 10.4 Å². The molecule has 1 aliphatic rings. The molecule has 0 fully saturated rings. The van der Waals surface area contributed by atoms with Crippen molar-refractivity contribution in [3.63, 3.8) is 0 Å². The van der Waals surface area contributed by atoms with Crippen molar-refractivity contribution >= 4 is 17.2 Å². The summed E-state index contributed by atoms with van der Waals surface area (Å²) in [5.74, 6) is 1.42. The molecule has 3 rings (SSSR count). The summed E-state index contributed by atoms with van der Waals surface area (Å²) in [5.41, 5.74) is 1.19. The van der Waals surface area contributed by atoms with Gasteiger partial charge in [0.1, 0.15) is 0 Å². The van der Waals surface area contributed by atoms with E-state index in [2.05, 4.69) is 28.5 Å². The van der Waals surface area contributed by atoms with Crippen LogP contribution in [0.5, 0.6) is 0 Å². The molecule has 1 aliphatic heterocycles. The van der Waals surface area contributed by atoms with Crippen molar-refractivity contribution in [3.8, 4) is 0 Å². The molecule has 1 unspecified atom stereocenters. The molecular formula is C18H25N3O2S. The number of aryl methyl sites for hydroxylation is 1. The van der Waals surface area contributed by atoms with Gasteiger partial charge in [-0.15, -0.1) is 11.3 Å². The topological polar surface area (TPSA) is 59.2 Å². The lowest BCUT2D eigenvalue weighted by Gasteiger charge is -2.35. The van der Waals surface area contributed by atoms with Crippen LogP contribution >= 0.6 is 11.3 Å². The summed E-state index contributed by atoms with van der Waals surface area (Å²) in [6, 6.07) is 2.38. The van der Waals surface area contributed by atoms with Crippen LogP contribution in [0.3, 0.4) is 0 Å². The smallest absolute Gasteiger partial charge is 0.227 e. The quantitative estimate of drug-likeness (QED) is 0.842. The van der Waals surface area contributed by atoms with E-state index in [0.717, 1.165) is 19.4 Å². The Bertz CT molecular complexity index is 714. The molecule has 1 atom stereocenters. The first-order valence-electron chi connectivity index (χ1n) is 8.59. The average Bonchev–Trinajstić information content (AvgIpc) is 3.19. The van der Waals surface area contributed by atoms with Gasteiger partial charge in [0.2, 0.25) is 11.8 Å². The zero-order valence-electron chi connectivity index (χ0n) is 14.8. The minimum atomic E-state index is -0.138. The maximum Gasteiger partial charge on any atom is 0.227 e. The first-order valence-corrected chi connectivity index (χ1v) is 9.47. The maximum atomic E-state index is 12.7. The Labute approximate surface area is 147 Å². The average molecular weight is 347 g/mol. The monoisotopic (exact) mass is 347 g/mol. The molecule has 0 aromatic carbocycles. The normalized spacial score (nSPS) is 17.8. The standard InChI is InChI=1S/C18H25N3O2S/c1-5-13-12-9-11-24-14(12)8-10-21(13)16(22)7-6-15-19-17(20-23-15)18(2,3)4/h9,11,13H,5-8,10H2,1-4H3. The number of carbonyl (C=O) groups is 1. The van der Waals surface area contributed by atoms with E-state index in [-0.39, 0.29) is 17.4 Å². The summed E-state index contributed by atoms with van der Waals surface area (Å²) >= 11 is 1.80. The Balaban J connectivity index is 1.64. The van der Waals surface area contributed by atoms with Crippen molar-refractivity contribution < 1.29 is 9.32 Å². The minimum Gasteiger partial charge on any atom is -0.339 e. The van der Waals surface area contributed by atoms with Gasteiger partial charge in [-0.25, -0.2) is 0 Å². The van der Waals surface area contributed by atoms with Crippen molar-refractivity contribution in [2.24, 2.45) is 0 Å². The zero-order chi connectivity index (χ0) is 17.3. The number of thiophene rings is 1. The van der Waals surface area contributed by atoms with Crippen molar-refractivity contribution in [2.45, 2.75) is 64.8 Å². The summed E-state index contributed by atoms with van der Waals surface area (Å²) in [6.45, 7) is 9.09. The minimum absolute atomic E-state index is 0.138. The molecule has 3 heterocycles. The molecular weight excluding hydrogens is 322 g/mol. The van der Waals surface area contributed by atoms with Gasteiger partial charge in [0.25, 0.3) is 0 Å². The van der Waals surface area contributed by atoms with Crippen LogP contribution in [0.4, 0.5) is 0 Å². The Morgan fingerprint density at radius 3 is 2.92 bits per heavy atom. The van der Waals surface area contributed by atoms with Gasteiger partial charge >= 0.3 is 0 Å². The van der Waals surface area contributed by atoms with Crippen LogP contribution in [0.1, 0.15) is 68.7 Å². The van der Waals surface area contributed by atoms with Gasteiger partial charge in [-0.3, -0.25) is 4.79 Å². The Hall–Kier alpha value is -1.69. The van der Waals surface area contributed by atoms with Gasteiger partial charge in [0.05, 0.1) is 6.04 Å². The fraction of sp³-hybridized carbons (Fsp3) is 0.611. The molecule has 0 saturated heterocycles.